The van der Waals surface area contributed by atoms with E-state index in [1.807, 2.05) is 0 Å². The minimum Gasteiger partial charge on any atom is -0.480 e. The number of nitrogens with zero attached hydrogens (tertiary/aromatic N) is 3. The summed E-state index contributed by atoms with van der Waals surface area (Å²) in [4.78, 5) is 8.99. The van der Waals surface area contributed by atoms with Gasteiger partial charge < -0.3 is 9.64 Å². The molecule has 8 heteroatoms. The molecule has 2 aromatic rings. The normalized spacial score (nSPS) is 11.3. The largest absolute Gasteiger partial charge is 0.480 e. The molecule has 0 aliphatic rings. The molecule has 0 radical (unpaired) electrons. The van der Waals surface area contributed by atoms with Crippen molar-refractivity contribution in [2.75, 3.05) is 19.1 Å². The number of hydrogen-bond donors (Lipinski definition) is 0. The molecule has 0 N–H and O–H groups in total. The Hall–Kier alpha value is -2.02. The number of benzene rings is 1. The van der Waals surface area contributed by atoms with Gasteiger partial charge in [0.2, 0.25) is 11.8 Å². The van der Waals surface area contributed by atoms with Gasteiger partial charge in [0.15, 0.2) is 0 Å². The molecule has 21 heavy (non-hydrogen) atoms. The maximum absolute atomic E-state index is 12.8. The lowest BCUT2D eigenvalue weighted by molar-refractivity contribution is -0.139. The number of methoxy groups -OCH3 is 1. The Morgan fingerprint density at radius 1 is 1.24 bits per heavy atom. The molecule has 4 nitrogen and oxygen atoms in total. The molecule has 0 saturated heterocycles. The molecule has 1 aromatic heterocycles. The Morgan fingerprint density at radius 2 is 1.90 bits per heavy atom. The van der Waals surface area contributed by atoms with Gasteiger partial charge in [-0.05, 0) is 12.1 Å². The third-order valence-corrected chi connectivity index (χ3v) is 3.07. The summed E-state index contributed by atoms with van der Waals surface area (Å²) < 4.78 is 43.0. The Morgan fingerprint density at radius 3 is 2.48 bits per heavy atom. The maximum atomic E-state index is 12.8. The second kappa shape index (κ2) is 5.77. The standard InChI is InChI=1S/C13H11ClF3N3O/c1-20(10-6-4-3-5-9(10)14)12-18-7-8(13(15,16)17)11(19-12)21-2/h3-7H,1-2H3. The Labute approximate surface area is 124 Å². The van der Waals surface area contributed by atoms with Crippen LogP contribution in [0.25, 0.3) is 0 Å². The van der Waals surface area contributed by atoms with Crippen molar-refractivity contribution in [3.63, 3.8) is 0 Å². The average Bonchev–Trinajstić information content (AvgIpc) is 2.45. The molecule has 0 amide bonds. The molecule has 1 aromatic carbocycles. The average molecular weight is 318 g/mol. The van der Waals surface area contributed by atoms with Gasteiger partial charge in [0, 0.05) is 13.2 Å². The molecule has 0 bridgehead atoms. The van der Waals surface area contributed by atoms with Crippen LogP contribution in [0.15, 0.2) is 30.5 Å². The second-order valence-corrected chi connectivity index (χ2v) is 4.51. The van der Waals surface area contributed by atoms with Gasteiger partial charge in [-0.25, -0.2) is 4.98 Å². The molecular formula is C13H11ClF3N3O. The van der Waals surface area contributed by atoms with E-state index in [-0.39, 0.29) is 5.95 Å². The molecule has 0 aliphatic heterocycles. The number of aromatic nitrogens is 2. The van der Waals surface area contributed by atoms with Crippen LogP contribution in [0.4, 0.5) is 24.8 Å². The van der Waals surface area contributed by atoms with E-state index in [9.17, 15) is 13.2 Å². The summed E-state index contributed by atoms with van der Waals surface area (Å²) in [7, 11) is 2.72. The predicted molar refractivity (Wildman–Crippen MR) is 73.1 cm³/mol. The van der Waals surface area contributed by atoms with Crippen LogP contribution in [-0.4, -0.2) is 24.1 Å². The third-order valence-electron chi connectivity index (χ3n) is 2.75. The first-order valence-electron chi connectivity index (χ1n) is 5.81. The van der Waals surface area contributed by atoms with Crippen molar-refractivity contribution in [2.24, 2.45) is 0 Å². The predicted octanol–water partition coefficient (Wildman–Crippen LogP) is 3.93. The quantitative estimate of drug-likeness (QED) is 0.860. The van der Waals surface area contributed by atoms with E-state index < -0.39 is 17.6 Å². The molecule has 0 unspecified atom stereocenters. The lowest BCUT2D eigenvalue weighted by Gasteiger charge is -2.20. The van der Waals surface area contributed by atoms with Gasteiger partial charge in [-0.1, -0.05) is 23.7 Å². The van der Waals surface area contributed by atoms with Crippen LogP contribution in [0.1, 0.15) is 5.56 Å². The lowest BCUT2D eigenvalue weighted by Crippen LogP contribution is -2.16. The zero-order valence-electron chi connectivity index (χ0n) is 11.1. The van der Waals surface area contributed by atoms with E-state index in [4.69, 9.17) is 16.3 Å². The summed E-state index contributed by atoms with van der Waals surface area (Å²) in [5.41, 5.74) is -0.456. The monoisotopic (exact) mass is 317 g/mol. The second-order valence-electron chi connectivity index (χ2n) is 4.10. The van der Waals surface area contributed by atoms with Gasteiger partial charge in [0.05, 0.1) is 17.8 Å². The lowest BCUT2D eigenvalue weighted by atomic mass is 10.3. The van der Waals surface area contributed by atoms with E-state index in [0.29, 0.717) is 16.9 Å². The van der Waals surface area contributed by atoms with Crippen LogP contribution >= 0.6 is 11.6 Å². The van der Waals surface area contributed by atoms with E-state index in [1.54, 1.807) is 31.3 Å². The van der Waals surface area contributed by atoms with Crippen molar-refractivity contribution in [1.82, 2.24) is 9.97 Å². The number of ether oxygens (including phenoxy) is 1. The van der Waals surface area contributed by atoms with Crippen molar-refractivity contribution in [3.8, 4) is 5.88 Å². The van der Waals surface area contributed by atoms with Gasteiger partial charge in [0.25, 0.3) is 0 Å². The molecule has 112 valence electrons. The maximum Gasteiger partial charge on any atom is 0.423 e. The molecule has 2 rings (SSSR count). The molecule has 0 spiro atoms. The van der Waals surface area contributed by atoms with Crippen molar-refractivity contribution in [1.29, 1.82) is 0 Å². The summed E-state index contributed by atoms with van der Waals surface area (Å²) in [5.74, 6) is -0.487. The number of halogens is 4. The zero-order valence-corrected chi connectivity index (χ0v) is 11.9. The van der Waals surface area contributed by atoms with E-state index in [2.05, 4.69) is 9.97 Å². The van der Waals surface area contributed by atoms with Gasteiger partial charge in [-0.3, -0.25) is 0 Å². The molecule has 0 fully saturated rings. The number of anilines is 2. The van der Waals surface area contributed by atoms with E-state index in [1.165, 1.54) is 4.90 Å². The summed E-state index contributed by atoms with van der Waals surface area (Å²) >= 11 is 6.04. The summed E-state index contributed by atoms with van der Waals surface area (Å²) in [6.45, 7) is 0. The number of hydrogen-bond acceptors (Lipinski definition) is 4. The summed E-state index contributed by atoms with van der Waals surface area (Å²) in [5, 5.41) is 0.433. The van der Waals surface area contributed by atoms with Gasteiger partial charge in [0.1, 0.15) is 5.56 Å². The fraction of sp³-hybridized carbons (Fsp3) is 0.231. The topological polar surface area (TPSA) is 38.2 Å². The van der Waals surface area contributed by atoms with Crippen molar-refractivity contribution in [3.05, 3.63) is 41.0 Å². The van der Waals surface area contributed by atoms with Crippen LogP contribution in [-0.2, 0) is 6.18 Å². The first-order valence-corrected chi connectivity index (χ1v) is 6.19. The van der Waals surface area contributed by atoms with Crippen LogP contribution in [0, 0.1) is 0 Å². The molecular weight excluding hydrogens is 307 g/mol. The highest BCUT2D eigenvalue weighted by Crippen LogP contribution is 2.36. The third kappa shape index (κ3) is 3.18. The smallest absolute Gasteiger partial charge is 0.423 e. The summed E-state index contributed by atoms with van der Waals surface area (Å²) in [6.07, 6.45) is -3.89. The molecule has 0 saturated carbocycles. The molecule has 0 atom stereocenters. The SMILES string of the molecule is COc1nc(N(C)c2ccccc2Cl)ncc1C(F)(F)F. The Kier molecular flexibility index (Phi) is 4.22. The van der Waals surface area contributed by atoms with Crippen LogP contribution in [0.3, 0.4) is 0 Å². The highest BCUT2D eigenvalue weighted by atomic mass is 35.5. The zero-order chi connectivity index (χ0) is 15.6. The first kappa shape index (κ1) is 15.4. The minimum atomic E-state index is -4.58. The number of rotatable bonds is 3. The number of alkyl halides is 3. The van der Waals surface area contributed by atoms with Crippen LogP contribution in [0.5, 0.6) is 5.88 Å². The Balaban J connectivity index is 2.44. The van der Waals surface area contributed by atoms with Crippen LogP contribution in [0.2, 0.25) is 5.02 Å². The highest BCUT2D eigenvalue weighted by Gasteiger charge is 2.36. The van der Waals surface area contributed by atoms with E-state index >= 15 is 0 Å². The molecule has 1 heterocycles. The van der Waals surface area contributed by atoms with Crippen molar-refractivity contribution < 1.29 is 17.9 Å². The van der Waals surface area contributed by atoms with Crippen molar-refractivity contribution >= 4 is 23.2 Å². The fourth-order valence-corrected chi connectivity index (χ4v) is 1.96. The fourth-order valence-electron chi connectivity index (χ4n) is 1.70. The van der Waals surface area contributed by atoms with E-state index in [0.717, 1.165) is 7.11 Å². The highest BCUT2D eigenvalue weighted by molar-refractivity contribution is 6.33. The van der Waals surface area contributed by atoms with Crippen molar-refractivity contribution in [2.45, 2.75) is 6.18 Å². The number of para-hydroxylation sites is 1. The Bertz CT molecular complexity index is 649. The van der Waals surface area contributed by atoms with Gasteiger partial charge >= 0.3 is 6.18 Å². The van der Waals surface area contributed by atoms with Gasteiger partial charge in [-0.2, -0.15) is 18.2 Å². The van der Waals surface area contributed by atoms with Gasteiger partial charge in [-0.15, -0.1) is 0 Å². The molecule has 0 aliphatic carbocycles. The minimum absolute atomic E-state index is 0.0490. The first-order chi connectivity index (χ1) is 9.84. The van der Waals surface area contributed by atoms with Crippen LogP contribution < -0.4 is 9.64 Å². The summed E-state index contributed by atoms with van der Waals surface area (Å²) in [6, 6.07) is 6.86.